The number of carbonyl (C=O) groups excluding carboxylic acids is 1. The normalized spacial score (nSPS) is 18.0. The van der Waals surface area contributed by atoms with Crippen LogP contribution in [0.3, 0.4) is 0 Å². The van der Waals surface area contributed by atoms with Crippen LogP contribution in [0.2, 0.25) is 0 Å². The standard InChI is InChI=1S/C17H25FN2O2/c1-17(2,13-3-5-14(18)6-4-13)11-20-16(21)15(19)12-7-9-22-10-8-12/h3-6,12,15H,7-11,19H2,1-2H3,(H,20,21). The number of nitrogens with one attached hydrogen (secondary N) is 1. The summed E-state index contributed by atoms with van der Waals surface area (Å²) in [5, 5.41) is 2.93. The largest absolute Gasteiger partial charge is 0.381 e. The number of benzene rings is 1. The Bertz CT molecular complexity index is 496. The minimum Gasteiger partial charge on any atom is -0.381 e. The van der Waals surface area contributed by atoms with Crippen LogP contribution >= 0.6 is 0 Å². The van der Waals surface area contributed by atoms with Crippen molar-refractivity contribution in [3.05, 3.63) is 35.6 Å². The van der Waals surface area contributed by atoms with Crippen LogP contribution in [0.1, 0.15) is 32.3 Å². The molecule has 0 spiro atoms. The number of ether oxygens (including phenoxy) is 1. The number of halogens is 1. The van der Waals surface area contributed by atoms with Crippen LogP contribution in [0.4, 0.5) is 4.39 Å². The van der Waals surface area contributed by atoms with Crippen molar-refractivity contribution in [1.29, 1.82) is 0 Å². The highest BCUT2D eigenvalue weighted by molar-refractivity contribution is 5.81. The van der Waals surface area contributed by atoms with Crippen molar-refractivity contribution in [2.45, 2.75) is 38.1 Å². The Morgan fingerprint density at radius 1 is 1.36 bits per heavy atom. The van der Waals surface area contributed by atoms with Crippen LogP contribution in [0, 0.1) is 11.7 Å². The molecule has 1 fully saturated rings. The van der Waals surface area contributed by atoms with Crippen molar-refractivity contribution in [1.82, 2.24) is 5.32 Å². The lowest BCUT2D eigenvalue weighted by molar-refractivity contribution is -0.124. The summed E-state index contributed by atoms with van der Waals surface area (Å²) in [5.41, 5.74) is 6.76. The number of hydrogen-bond acceptors (Lipinski definition) is 3. The molecule has 0 aromatic heterocycles. The molecular formula is C17H25FN2O2. The Kier molecular flexibility index (Phi) is 5.53. The van der Waals surface area contributed by atoms with E-state index in [-0.39, 0.29) is 23.1 Å². The van der Waals surface area contributed by atoms with Gasteiger partial charge in [0.1, 0.15) is 5.82 Å². The van der Waals surface area contributed by atoms with Gasteiger partial charge in [0.15, 0.2) is 0 Å². The average molecular weight is 308 g/mol. The highest BCUT2D eigenvalue weighted by atomic mass is 19.1. The molecule has 4 nitrogen and oxygen atoms in total. The first-order valence-electron chi connectivity index (χ1n) is 7.77. The zero-order chi connectivity index (χ0) is 16.2. The van der Waals surface area contributed by atoms with E-state index in [9.17, 15) is 9.18 Å². The number of amides is 1. The molecule has 0 saturated carbocycles. The summed E-state index contributed by atoms with van der Waals surface area (Å²) >= 11 is 0. The molecule has 1 aliphatic rings. The molecule has 0 bridgehead atoms. The van der Waals surface area contributed by atoms with E-state index < -0.39 is 6.04 Å². The third-order valence-corrected chi connectivity index (χ3v) is 4.41. The van der Waals surface area contributed by atoms with Crippen molar-refractivity contribution >= 4 is 5.91 Å². The Labute approximate surface area is 131 Å². The van der Waals surface area contributed by atoms with E-state index in [4.69, 9.17) is 10.5 Å². The van der Waals surface area contributed by atoms with Crippen LogP contribution in [-0.2, 0) is 14.9 Å². The SMILES string of the molecule is CC(C)(CNC(=O)C(N)C1CCOCC1)c1ccc(F)cc1. The second-order valence-corrected chi connectivity index (χ2v) is 6.58. The molecule has 3 N–H and O–H groups in total. The van der Waals surface area contributed by atoms with Gasteiger partial charge in [0.05, 0.1) is 6.04 Å². The maximum atomic E-state index is 13.0. The van der Waals surface area contributed by atoms with E-state index in [1.54, 1.807) is 12.1 Å². The van der Waals surface area contributed by atoms with Gasteiger partial charge in [0, 0.05) is 25.2 Å². The lowest BCUT2D eigenvalue weighted by Crippen LogP contribution is -2.49. The molecule has 1 aromatic carbocycles. The summed E-state index contributed by atoms with van der Waals surface area (Å²) in [6, 6.07) is 5.88. The van der Waals surface area contributed by atoms with Gasteiger partial charge in [-0.25, -0.2) is 4.39 Å². The van der Waals surface area contributed by atoms with E-state index >= 15 is 0 Å². The summed E-state index contributed by atoms with van der Waals surface area (Å²) in [6.45, 7) is 5.84. The third kappa shape index (κ3) is 4.27. The molecule has 1 aromatic rings. The van der Waals surface area contributed by atoms with Crippen LogP contribution < -0.4 is 11.1 Å². The third-order valence-electron chi connectivity index (χ3n) is 4.41. The molecule has 1 atom stereocenters. The molecule has 122 valence electrons. The van der Waals surface area contributed by atoms with Gasteiger partial charge in [-0.05, 0) is 36.5 Å². The van der Waals surface area contributed by atoms with Gasteiger partial charge in [-0.1, -0.05) is 26.0 Å². The highest BCUT2D eigenvalue weighted by Crippen LogP contribution is 2.23. The molecule has 0 aliphatic carbocycles. The summed E-state index contributed by atoms with van der Waals surface area (Å²) < 4.78 is 18.3. The fraction of sp³-hybridized carbons (Fsp3) is 0.588. The predicted molar refractivity (Wildman–Crippen MR) is 84.0 cm³/mol. The molecule has 22 heavy (non-hydrogen) atoms. The number of rotatable bonds is 5. The van der Waals surface area contributed by atoms with E-state index in [0.717, 1.165) is 18.4 Å². The Morgan fingerprint density at radius 2 is 1.95 bits per heavy atom. The number of carbonyl (C=O) groups is 1. The van der Waals surface area contributed by atoms with Gasteiger partial charge >= 0.3 is 0 Å². The van der Waals surface area contributed by atoms with Gasteiger partial charge in [-0.3, -0.25) is 4.79 Å². The minimum absolute atomic E-state index is 0.123. The average Bonchev–Trinajstić information content (AvgIpc) is 2.53. The maximum Gasteiger partial charge on any atom is 0.237 e. The first-order chi connectivity index (χ1) is 10.4. The smallest absolute Gasteiger partial charge is 0.237 e. The molecule has 1 amide bonds. The van der Waals surface area contributed by atoms with Gasteiger partial charge in [0.2, 0.25) is 5.91 Å². The summed E-state index contributed by atoms with van der Waals surface area (Å²) in [5.74, 6) is -0.199. The van der Waals surface area contributed by atoms with Crippen molar-refractivity contribution < 1.29 is 13.9 Å². The second-order valence-electron chi connectivity index (χ2n) is 6.58. The van der Waals surface area contributed by atoms with Gasteiger partial charge in [-0.15, -0.1) is 0 Å². The monoisotopic (exact) mass is 308 g/mol. The molecule has 0 radical (unpaired) electrons. The first kappa shape index (κ1) is 16.9. The van der Waals surface area contributed by atoms with E-state index in [0.29, 0.717) is 19.8 Å². The van der Waals surface area contributed by atoms with Gasteiger partial charge in [0.25, 0.3) is 0 Å². The predicted octanol–water partition coefficient (Wildman–Crippen LogP) is 1.97. The van der Waals surface area contributed by atoms with Crippen molar-refractivity contribution in [2.24, 2.45) is 11.7 Å². The van der Waals surface area contributed by atoms with E-state index in [2.05, 4.69) is 5.32 Å². The topological polar surface area (TPSA) is 64.4 Å². The molecule has 1 unspecified atom stereocenters. The summed E-state index contributed by atoms with van der Waals surface area (Å²) in [7, 11) is 0. The van der Waals surface area contributed by atoms with Crippen molar-refractivity contribution in [3.8, 4) is 0 Å². The lowest BCUT2D eigenvalue weighted by Gasteiger charge is -2.29. The van der Waals surface area contributed by atoms with Gasteiger partial charge in [-0.2, -0.15) is 0 Å². The van der Waals surface area contributed by atoms with Crippen LogP contribution in [0.25, 0.3) is 0 Å². The molecular weight excluding hydrogens is 283 g/mol. The zero-order valence-electron chi connectivity index (χ0n) is 13.3. The summed E-state index contributed by atoms with van der Waals surface area (Å²) in [6.07, 6.45) is 1.66. The Balaban J connectivity index is 1.90. The fourth-order valence-electron chi connectivity index (χ4n) is 2.72. The summed E-state index contributed by atoms with van der Waals surface area (Å²) in [4.78, 5) is 12.2. The first-order valence-corrected chi connectivity index (χ1v) is 7.77. The van der Waals surface area contributed by atoms with E-state index in [1.165, 1.54) is 12.1 Å². The molecule has 2 rings (SSSR count). The van der Waals surface area contributed by atoms with E-state index in [1.807, 2.05) is 13.8 Å². The molecule has 1 aliphatic heterocycles. The Hall–Kier alpha value is -1.46. The van der Waals surface area contributed by atoms with Crippen molar-refractivity contribution in [2.75, 3.05) is 19.8 Å². The van der Waals surface area contributed by atoms with Crippen LogP contribution in [0.15, 0.2) is 24.3 Å². The van der Waals surface area contributed by atoms with Crippen LogP contribution in [0.5, 0.6) is 0 Å². The minimum atomic E-state index is -0.493. The van der Waals surface area contributed by atoms with Gasteiger partial charge < -0.3 is 15.8 Å². The number of nitrogens with two attached hydrogens (primary N) is 1. The Morgan fingerprint density at radius 3 is 2.55 bits per heavy atom. The highest BCUT2D eigenvalue weighted by Gasteiger charge is 2.28. The lowest BCUT2D eigenvalue weighted by atomic mass is 9.84. The van der Waals surface area contributed by atoms with Crippen molar-refractivity contribution in [3.63, 3.8) is 0 Å². The molecule has 1 heterocycles. The zero-order valence-corrected chi connectivity index (χ0v) is 13.3. The van der Waals surface area contributed by atoms with Crippen LogP contribution in [-0.4, -0.2) is 31.7 Å². The number of hydrogen-bond donors (Lipinski definition) is 2. The molecule has 5 heteroatoms. The maximum absolute atomic E-state index is 13.0. The molecule has 1 saturated heterocycles. The quantitative estimate of drug-likeness (QED) is 0.874. The fourth-order valence-corrected chi connectivity index (χ4v) is 2.72. The second kappa shape index (κ2) is 7.20.